The number of nitrogens with zero attached hydrogens (tertiary/aromatic N) is 5. The number of aromatic nitrogens is 5. The topological polar surface area (TPSA) is 249 Å². The van der Waals surface area contributed by atoms with Crippen molar-refractivity contribution in [3.05, 3.63) is 89.8 Å². The van der Waals surface area contributed by atoms with Crippen LogP contribution in [0.25, 0.3) is 0 Å². The lowest BCUT2D eigenvalue weighted by Gasteiger charge is -2.11. The quantitative estimate of drug-likeness (QED) is 0.0476. The average Bonchev–Trinajstić information content (AvgIpc) is 3.90. The Morgan fingerprint density at radius 2 is 1.04 bits per heavy atom. The number of carbonyl (C=O) groups excluding carboxylic acids is 6. The van der Waals surface area contributed by atoms with Crippen LogP contribution in [0.15, 0.2) is 61.3 Å². The summed E-state index contributed by atoms with van der Waals surface area (Å²) >= 11 is 0. The van der Waals surface area contributed by atoms with E-state index in [1.165, 1.54) is 36.5 Å². The van der Waals surface area contributed by atoms with Gasteiger partial charge in [0, 0.05) is 79.2 Å². The summed E-state index contributed by atoms with van der Waals surface area (Å²) in [4.78, 5) is 76.5. The van der Waals surface area contributed by atoms with Gasteiger partial charge in [0.25, 0.3) is 29.5 Å². The minimum Gasteiger partial charge on any atom is -0.388 e. The van der Waals surface area contributed by atoms with Crippen LogP contribution in [0.5, 0.6) is 0 Å². The Labute approximate surface area is 314 Å². The van der Waals surface area contributed by atoms with Crippen LogP contribution in [0.3, 0.4) is 0 Å². The number of amides is 6. The zero-order chi connectivity index (χ0) is 38.6. The molecule has 0 saturated carbocycles. The third kappa shape index (κ3) is 8.70. The molecule has 0 unspecified atom stereocenters. The SMILES string of the molecule is Cl.Cn1cc(NC(=O)c2cc(NC(=O)c3cc(NC(=O)c4c(NC(=O)c5c(NC=O)ccn5C)ccn4C)cn3C)cn2C)cc1C(=O)NCCC(=N)N. The molecule has 20 heteroatoms. The fourth-order valence-corrected chi connectivity index (χ4v) is 5.64. The van der Waals surface area contributed by atoms with E-state index in [1.54, 1.807) is 82.9 Å². The fourth-order valence-electron chi connectivity index (χ4n) is 5.64. The third-order valence-corrected chi connectivity index (χ3v) is 8.20. The molecule has 19 nitrogen and oxygen atoms in total. The number of carbonyl (C=O) groups is 6. The first kappa shape index (κ1) is 39.8. The summed E-state index contributed by atoms with van der Waals surface area (Å²) in [5.41, 5.74) is 7.94. The zero-order valence-corrected chi connectivity index (χ0v) is 30.8. The van der Waals surface area contributed by atoms with Gasteiger partial charge in [-0.25, -0.2) is 0 Å². The summed E-state index contributed by atoms with van der Waals surface area (Å²) in [5, 5.41) is 23.4. The molecule has 0 aliphatic heterocycles. The Morgan fingerprint density at radius 1 is 0.630 bits per heavy atom. The Morgan fingerprint density at radius 3 is 1.50 bits per heavy atom. The normalized spacial score (nSPS) is 10.5. The molecule has 0 atom stereocenters. The van der Waals surface area contributed by atoms with Gasteiger partial charge in [0.2, 0.25) is 6.41 Å². The van der Waals surface area contributed by atoms with E-state index in [4.69, 9.17) is 11.1 Å². The predicted molar refractivity (Wildman–Crippen MR) is 205 cm³/mol. The summed E-state index contributed by atoms with van der Waals surface area (Å²) in [6.45, 7) is 0.201. The fraction of sp³-hybridized carbons (Fsp3) is 0.206. The Kier molecular flexibility index (Phi) is 12.2. The van der Waals surface area contributed by atoms with Crippen molar-refractivity contribution in [2.45, 2.75) is 6.42 Å². The molecule has 5 aromatic rings. The van der Waals surface area contributed by atoms with Crippen molar-refractivity contribution in [1.29, 1.82) is 5.41 Å². The maximum atomic E-state index is 13.4. The predicted octanol–water partition coefficient (Wildman–Crippen LogP) is 2.43. The van der Waals surface area contributed by atoms with Gasteiger partial charge in [-0.1, -0.05) is 0 Å². The number of anilines is 5. The van der Waals surface area contributed by atoms with Gasteiger partial charge in [0.15, 0.2) is 0 Å². The van der Waals surface area contributed by atoms with E-state index in [0.29, 0.717) is 34.9 Å². The molecule has 0 fully saturated rings. The summed E-state index contributed by atoms with van der Waals surface area (Å²) in [7, 11) is 8.21. The second-order valence-corrected chi connectivity index (χ2v) is 12.2. The molecule has 0 aromatic carbocycles. The first-order valence-electron chi connectivity index (χ1n) is 16.0. The van der Waals surface area contributed by atoms with E-state index in [-0.39, 0.29) is 65.6 Å². The van der Waals surface area contributed by atoms with E-state index in [9.17, 15) is 28.8 Å². The number of halogens is 1. The van der Waals surface area contributed by atoms with Gasteiger partial charge in [-0.3, -0.25) is 34.2 Å². The number of rotatable bonds is 14. The number of amidine groups is 1. The van der Waals surface area contributed by atoms with Gasteiger partial charge >= 0.3 is 0 Å². The largest absolute Gasteiger partial charge is 0.388 e. The minimum atomic E-state index is -0.554. The number of nitrogens with two attached hydrogens (primary N) is 1. The smallest absolute Gasteiger partial charge is 0.274 e. The van der Waals surface area contributed by atoms with Crippen molar-refractivity contribution in [2.75, 3.05) is 33.1 Å². The van der Waals surface area contributed by atoms with Crippen molar-refractivity contribution >= 4 is 82.6 Å². The molecule has 284 valence electrons. The van der Waals surface area contributed by atoms with Gasteiger partial charge in [0.05, 0.1) is 34.3 Å². The highest BCUT2D eigenvalue weighted by Gasteiger charge is 2.23. The summed E-state index contributed by atoms with van der Waals surface area (Å²) in [6.07, 6.45) is 8.60. The first-order chi connectivity index (χ1) is 25.2. The van der Waals surface area contributed by atoms with Crippen LogP contribution in [0, 0.1) is 5.41 Å². The van der Waals surface area contributed by atoms with Crippen molar-refractivity contribution in [3.8, 4) is 0 Å². The van der Waals surface area contributed by atoms with E-state index >= 15 is 0 Å². The maximum Gasteiger partial charge on any atom is 0.274 e. The Hall–Kier alpha value is -7.02. The number of aryl methyl sites for hydroxylation is 5. The van der Waals surface area contributed by atoms with Gasteiger partial charge in [-0.15, -0.1) is 12.4 Å². The molecule has 0 spiro atoms. The highest BCUT2D eigenvalue weighted by molar-refractivity contribution is 6.14. The van der Waals surface area contributed by atoms with Crippen LogP contribution in [0.4, 0.5) is 28.4 Å². The molecule has 5 heterocycles. The molecular formula is C34H40ClN13O6. The summed E-state index contributed by atoms with van der Waals surface area (Å²) < 4.78 is 7.69. The van der Waals surface area contributed by atoms with Crippen molar-refractivity contribution in [3.63, 3.8) is 0 Å². The number of hydrogen-bond acceptors (Lipinski definition) is 7. The van der Waals surface area contributed by atoms with Gasteiger partial charge in [-0.05, 0) is 30.3 Å². The minimum absolute atomic E-state index is 0. The average molecular weight is 762 g/mol. The number of hydrogen-bond donors (Lipinski definition) is 8. The van der Waals surface area contributed by atoms with E-state index < -0.39 is 23.6 Å². The molecule has 6 amide bonds. The van der Waals surface area contributed by atoms with Crippen molar-refractivity contribution < 1.29 is 28.8 Å². The van der Waals surface area contributed by atoms with Gasteiger partial charge in [-0.2, -0.15) is 0 Å². The van der Waals surface area contributed by atoms with Crippen LogP contribution in [0.2, 0.25) is 0 Å². The van der Waals surface area contributed by atoms with Crippen LogP contribution in [0.1, 0.15) is 58.9 Å². The van der Waals surface area contributed by atoms with Crippen LogP contribution >= 0.6 is 12.4 Å². The second kappa shape index (κ2) is 16.5. The van der Waals surface area contributed by atoms with E-state index in [0.717, 1.165) is 0 Å². The Bertz CT molecular complexity index is 2270. The molecule has 0 saturated heterocycles. The van der Waals surface area contributed by atoms with Crippen LogP contribution < -0.4 is 37.6 Å². The molecule has 5 aromatic heterocycles. The second-order valence-electron chi connectivity index (χ2n) is 12.2. The molecule has 0 bridgehead atoms. The van der Waals surface area contributed by atoms with Crippen LogP contribution in [-0.4, -0.2) is 71.2 Å². The lowest BCUT2D eigenvalue weighted by Crippen LogP contribution is -2.28. The monoisotopic (exact) mass is 761 g/mol. The highest BCUT2D eigenvalue weighted by atomic mass is 35.5. The standard InChI is InChI=1S/C34H39N13O6.ClH/c1-43-10-7-22(38-18-48)28(43)34(53)42-23-8-11-44(2)29(23)33(52)41-21-14-26(47(5)17-21)32(51)40-20-13-25(46(4)16-20)31(50)39-19-12-24(45(3)15-19)30(49)37-9-6-27(35)36;/h7-8,10-18H,6,9H2,1-5H3,(H3,35,36)(H,37,49)(H,38,48)(H,39,50)(H,40,51)(H,41,52)(H,42,53);1H. The van der Waals surface area contributed by atoms with E-state index in [1.807, 2.05) is 0 Å². The van der Waals surface area contributed by atoms with Crippen LogP contribution in [-0.2, 0) is 40.0 Å². The van der Waals surface area contributed by atoms with E-state index in [2.05, 4.69) is 31.9 Å². The molecule has 54 heavy (non-hydrogen) atoms. The zero-order valence-electron chi connectivity index (χ0n) is 29.9. The lowest BCUT2D eigenvalue weighted by molar-refractivity contribution is -0.105. The maximum absolute atomic E-state index is 13.4. The number of nitrogens with one attached hydrogen (secondary N) is 7. The molecule has 9 N–H and O–H groups in total. The van der Waals surface area contributed by atoms with Gasteiger partial charge in [0.1, 0.15) is 28.5 Å². The van der Waals surface area contributed by atoms with Gasteiger partial charge < -0.3 is 60.5 Å². The molecule has 0 radical (unpaired) electrons. The van der Waals surface area contributed by atoms with Crippen molar-refractivity contribution in [1.82, 2.24) is 28.2 Å². The summed E-state index contributed by atoms with van der Waals surface area (Å²) in [6, 6.07) is 7.63. The summed E-state index contributed by atoms with van der Waals surface area (Å²) in [5.74, 6) is -2.52. The highest BCUT2D eigenvalue weighted by Crippen LogP contribution is 2.24. The first-order valence-corrected chi connectivity index (χ1v) is 16.0. The third-order valence-electron chi connectivity index (χ3n) is 8.20. The molecule has 0 aliphatic rings. The Balaban J connectivity index is 0.00000650. The molecular weight excluding hydrogens is 722 g/mol. The molecule has 0 aliphatic carbocycles. The lowest BCUT2D eigenvalue weighted by atomic mass is 10.3. The molecule has 5 rings (SSSR count). The van der Waals surface area contributed by atoms with Crippen molar-refractivity contribution in [2.24, 2.45) is 41.0 Å².